The van der Waals surface area contributed by atoms with Gasteiger partial charge in [-0.1, -0.05) is 12.8 Å². The molecular formula is C19H23N5O5S2. The van der Waals surface area contributed by atoms with E-state index >= 15 is 0 Å². The number of nitrogens with one attached hydrogen (secondary N) is 3. The van der Waals surface area contributed by atoms with Crippen LogP contribution in [-0.4, -0.2) is 43.6 Å². The molecule has 166 valence electrons. The molecule has 0 unspecified atom stereocenters. The van der Waals surface area contributed by atoms with Gasteiger partial charge in [0.2, 0.25) is 23.6 Å². The molecule has 1 aliphatic rings. The van der Waals surface area contributed by atoms with Crippen LogP contribution >= 0.6 is 12.2 Å². The second-order valence-electron chi connectivity index (χ2n) is 6.83. The van der Waals surface area contributed by atoms with Gasteiger partial charge in [0.15, 0.2) is 5.11 Å². The lowest BCUT2D eigenvalue weighted by Gasteiger charge is -2.13. The number of thiocarbonyl (C=S) groups is 1. The lowest BCUT2D eigenvalue weighted by atomic mass is 10.1. The summed E-state index contributed by atoms with van der Waals surface area (Å²) in [6.45, 7) is 0. The maximum Gasteiger partial charge on any atom is 0.264 e. The van der Waals surface area contributed by atoms with Crippen LogP contribution in [-0.2, 0) is 14.8 Å². The number of rotatable bonds is 7. The predicted molar refractivity (Wildman–Crippen MR) is 119 cm³/mol. The van der Waals surface area contributed by atoms with Crippen molar-refractivity contribution < 1.29 is 22.7 Å². The van der Waals surface area contributed by atoms with Gasteiger partial charge >= 0.3 is 0 Å². The summed E-state index contributed by atoms with van der Waals surface area (Å²) in [7, 11) is -1.16. The third-order valence-corrected chi connectivity index (χ3v) is 6.26. The van der Waals surface area contributed by atoms with Crippen LogP contribution in [0.15, 0.2) is 35.2 Å². The molecule has 0 aliphatic heterocycles. The summed E-state index contributed by atoms with van der Waals surface area (Å²) < 4.78 is 37.6. The summed E-state index contributed by atoms with van der Waals surface area (Å²) >= 11 is 5.17. The molecule has 1 aliphatic carbocycles. The van der Waals surface area contributed by atoms with E-state index < -0.39 is 10.0 Å². The number of methoxy groups -OCH3 is 2. The number of sulfonamides is 1. The van der Waals surface area contributed by atoms with E-state index in [0.29, 0.717) is 5.69 Å². The van der Waals surface area contributed by atoms with E-state index in [-0.39, 0.29) is 39.5 Å². The molecule has 0 radical (unpaired) electrons. The third-order valence-electron chi connectivity index (χ3n) is 4.71. The van der Waals surface area contributed by atoms with E-state index in [0.717, 1.165) is 25.7 Å². The van der Waals surface area contributed by atoms with E-state index in [4.69, 9.17) is 21.7 Å². The molecule has 0 atom stereocenters. The maximum absolute atomic E-state index is 12.7. The number of carbonyl (C=O) groups is 1. The Bertz CT molecular complexity index is 1030. The van der Waals surface area contributed by atoms with Gasteiger partial charge in [-0.15, -0.1) is 0 Å². The van der Waals surface area contributed by atoms with E-state index in [1.807, 2.05) is 0 Å². The van der Waals surface area contributed by atoms with Gasteiger partial charge in [0.1, 0.15) is 0 Å². The largest absolute Gasteiger partial charge is 0.481 e. The van der Waals surface area contributed by atoms with Crippen molar-refractivity contribution in [2.75, 3.05) is 24.3 Å². The van der Waals surface area contributed by atoms with Crippen LogP contribution in [0, 0.1) is 5.92 Å². The number of aromatic nitrogens is 2. The second kappa shape index (κ2) is 9.88. The van der Waals surface area contributed by atoms with Crippen LogP contribution in [0.25, 0.3) is 0 Å². The number of benzene rings is 1. The highest BCUT2D eigenvalue weighted by atomic mass is 32.2. The van der Waals surface area contributed by atoms with Crippen molar-refractivity contribution in [1.82, 2.24) is 15.3 Å². The van der Waals surface area contributed by atoms with Crippen molar-refractivity contribution in [3.63, 3.8) is 0 Å². The van der Waals surface area contributed by atoms with Crippen molar-refractivity contribution in [2.45, 2.75) is 30.6 Å². The monoisotopic (exact) mass is 465 g/mol. The Morgan fingerprint density at radius 3 is 2.19 bits per heavy atom. The molecule has 0 spiro atoms. The molecule has 1 saturated carbocycles. The number of ether oxygens (including phenoxy) is 2. The molecule has 1 amide bonds. The first kappa shape index (κ1) is 22.7. The van der Waals surface area contributed by atoms with Crippen LogP contribution in [0.3, 0.4) is 0 Å². The molecule has 1 aromatic carbocycles. The van der Waals surface area contributed by atoms with E-state index in [1.54, 1.807) is 0 Å². The molecule has 10 nitrogen and oxygen atoms in total. The first-order chi connectivity index (χ1) is 14.8. The normalized spacial score (nSPS) is 14.0. The van der Waals surface area contributed by atoms with Crippen molar-refractivity contribution in [3.05, 3.63) is 30.3 Å². The quantitative estimate of drug-likeness (QED) is 0.527. The molecule has 0 saturated heterocycles. The summed E-state index contributed by atoms with van der Waals surface area (Å²) in [5.74, 6) is 0.0200. The number of hydrogen-bond donors (Lipinski definition) is 3. The maximum atomic E-state index is 12.7. The van der Waals surface area contributed by atoms with Crippen LogP contribution in [0.5, 0.6) is 11.8 Å². The Balaban J connectivity index is 1.64. The number of nitrogens with zero attached hydrogens (tertiary/aromatic N) is 2. The number of anilines is 2. The highest BCUT2D eigenvalue weighted by molar-refractivity contribution is 7.92. The summed E-state index contributed by atoms with van der Waals surface area (Å²) in [6.07, 6.45) is 3.85. The summed E-state index contributed by atoms with van der Waals surface area (Å²) in [6, 6.07) is 7.28. The van der Waals surface area contributed by atoms with E-state index in [1.165, 1.54) is 44.6 Å². The van der Waals surface area contributed by atoms with Gasteiger partial charge in [-0.25, -0.2) is 13.1 Å². The zero-order chi connectivity index (χ0) is 22.4. The molecule has 12 heteroatoms. The average Bonchev–Trinajstić information content (AvgIpc) is 3.28. The van der Waals surface area contributed by atoms with Crippen molar-refractivity contribution in [3.8, 4) is 11.8 Å². The number of carbonyl (C=O) groups excluding carboxylic acids is 1. The minimum Gasteiger partial charge on any atom is -0.481 e. The van der Waals surface area contributed by atoms with Crippen molar-refractivity contribution in [2.24, 2.45) is 5.92 Å². The molecule has 3 rings (SSSR count). The second-order valence-corrected chi connectivity index (χ2v) is 8.92. The zero-order valence-electron chi connectivity index (χ0n) is 17.0. The average molecular weight is 466 g/mol. The number of hydrogen-bond acceptors (Lipinski definition) is 8. The smallest absolute Gasteiger partial charge is 0.264 e. The summed E-state index contributed by atoms with van der Waals surface area (Å²) in [5.41, 5.74) is 0.537. The molecule has 0 bridgehead atoms. The van der Waals surface area contributed by atoms with Gasteiger partial charge in [0.25, 0.3) is 10.0 Å². The first-order valence-corrected chi connectivity index (χ1v) is 11.4. The topological polar surface area (TPSA) is 132 Å². The first-order valence-electron chi connectivity index (χ1n) is 9.52. The molecule has 1 fully saturated rings. The molecule has 3 N–H and O–H groups in total. The molecular weight excluding hydrogens is 442 g/mol. The van der Waals surface area contributed by atoms with Crippen LogP contribution in [0.4, 0.5) is 11.6 Å². The minimum absolute atomic E-state index is 0.00389. The van der Waals surface area contributed by atoms with Gasteiger partial charge in [0.05, 0.1) is 25.2 Å². The van der Waals surface area contributed by atoms with Crippen LogP contribution < -0.4 is 24.8 Å². The lowest BCUT2D eigenvalue weighted by Crippen LogP contribution is -2.37. The molecule has 31 heavy (non-hydrogen) atoms. The Morgan fingerprint density at radius 2 is 1.65 bits per heavy atom. The third kappa shape index (κ3) is 6.01. The molecule has 1 heterocycles. The van der Waals surface area contributed by atoms with E-state index in [9.17, 15) is 13.2 Å². The Morgan fingerprint density at radius 1 is 1.06 bits per heavy atom. The standard InChI is InChI=1S/C19H23N5O5S2/c1-28-15-11-16(29-2)22-18(21-15)24-31(26,27)14-9-7-13(8-10-14)20-19(30)23-17(25)12-5-3-4-6-12/h7-12H,3-6H2,1-2H3,(H,21,22,24)(H2,20,23,25,30). The van der Waals surface area contributed by atoms with Gasteiger partial charge in [-0.3, -0.25) is 4.79 Å². The van der Waals surface area contributed by atoms with Gasteiger partial charge in [-0.2, -0.15) is 9.97 Å². The van der Waals surface area contributed by atoms with Gasteiger partial charge in [-0.05, 0) is 49.3 Å². The van der Waals surface area contributed by atoms with Crippen LogP contribution in [0.1, 0.15) is 25.7 Å². The van der Waals surface area contributed by atoms with Gasteiger partial charge < -0.3 is 20.1 Å². The molecule has 2 aromatic rings. The fourth-order valence-corrected chi connectivity index (χ4v) is 4.28. The summed E-state index contributed by atoms with van der Waals surface area (Å²) in [4.78, 5) is 20.0. The highest BCUT2D eigenvalue weighted by Crippen LogP contribution is 2.25. The fraction of sp³-hybridized carbons (Fsp3) is 0.368. The fourth-order valence-electron chi connectivity index (χ4n) is 3.12. The highest BCUT2D eigenvalue weighted by Gasteiger charge is 2.23. The molecule has 1 aromatic heterocycles. The Kier molecular flexibility index (Phi) is 7.23. The lowest BCUT2D eigenvalue weighted by molar-refractivity contribution is -0.123. The Labute approximate surface area is 185 Å². The van der Waals surface area contributed by atoms with Crippen molar-refractivity contribution in [1.29, 1.82) is 0 Å². The Hall–Kier alpha value is -2.99. The zero-order valence-corrected chi connectivity index (χ0v) is 18.7. The predicted octanol–water partition coefficient (Wildman–Crippen LogP) is 2.30. The summed E-state index contributed by atoms with van der Waals surface area (Å²) in [5, 5.41) is 5.73. The van der Waals surface area contributed by atoms with E-state index in [2.05, 4.69) is 25.3 Å². The van der Waals surface area contributed by atoms with Crippen molar-refractivity contribution >= 4 is 44.9 Å². The number of amides is 1. The van der Waals surface area contributed by atoms with Crippen LogP contribution in [0.2, 0.25) is 0 Å². The van der Waals surface area contributed by atoms with Gasteiger partial charge in [0, 0.05) is 11.6 Å². The SMILES string of the molecule is COc1cc(OC)nc(NS(=O)(=O)c2ccc(NC(=S)NC(=O)C3CCCC3)cc2)n1. The minimum atomic E-state index is -3.96.